The van der Waals surface area contributed by atoms with Crippen LogP contribution in [0.25, 0.3) is 0 Å². The van der Waals surface area contributed by atoms with Gasteiger partial charge in [0.1, 0.15) is 0 Å². The lowest BCUT2D eigenvalue weighted by molar-refractivity contribution is -0.151. The van der Waals surface area contributed by atoms with Crippen LogP contribution in [0.5, 0.6) is 0 Å². The van der Waals surface area contributed by atoms with Crippen LogP contribution in [0.2, 0.25) is 0 Å². The van der Waals surface area contributed by atoms with Gasteiger partial charge in [-0.05, 0) is 12.0 Å². The van der Waals surface area contributed by atoms with Gasteiger partial charge in [-0.1, -0.05) is 30.3 Å². The van der Waals surface area contributed by atoms with Gasteiger partial charge in [-0.15, -0.1) is 0 Å². The Balaban J connectivity index is 1.40. The predicted octanol–water partition coefficient (Wildman–Crippen LogP) is 0.0446. The molecule has 4 rings (SSSR count). The van der Waals surface area contributed by atoms with E-state index in [-0.39, 0.29) is 29.5 Å². The number of amides is 2. The highest BCUT2D eigenvalue weighted by Gasteiger charge is 2.56. The Morgan fingerprint density at radius 3 is 2.64 bits per heavy atom. The summed E-state index contributed by atoms with van der Waals surface area (Å²) in [5, 5.41) is 12.9. The zero-order valence-electron chi connectivity index (χ0n) is 16.5. The fourth-order valence-corrected chi connectivity index (χ4v) is 5.13. The van der Waals surface area contributed by atoms with Crippen LogP contribution in [0.1, 0.15) is 25.3 Å². The molecule has 28 heavy (non-hydrogen) atoms. The number of piperazine rings is 1. The maximum atomic E-state index is 12.7. The Kier molecular flexibility index (Phi) is 5.40. The molecular weight excluding hydrogens is 356 g/mol. The minimum atomic E-state index is -0.306. The van der Waals surface area contributed by atoms with Gasteiger partial charge in [0.2, 0.25) is 11.8 Å². The smallest absolute Gasteiger partial charge is 0.224 e. The molecule has 2 amide bonds. The predicted molar refractivity (Wildman–Crippen MR) is 105 cm³/mol. The number of aliphatic hydroxyl groups is 1. The summed E-state index contributed by atoms with van der Waals surface area (Å²) in [5.74, 6) is -0.0146. The van der Waals surface area contributed by atoms with E-state index in [9.17, 15) is 14.7 Å². The standard InChI is InChI=1S/C21H30N4O3/c1-16(26)22-8-7-20(28)24-11-18-9-19(27)12-25(18)21(15-24)13-23(14-21)10-17-5-3-2-4-6-17/h2-6,18-19,27H,7-15H2,1H3,(H,22,26)/t18-,19+/m0/s1. The second-order valence-electron chi connectivity index (χ2n) is 8.56. The number of fused-ring (bicyclic) bond motifs is 2. The number of carbonyl (C=O) groups is 2. The second-order valence-corrected chi connectivity index (χ2v) is 8.56. The minimum absolute atomic E-state index is 0.0567. The van der Waals surface area contributed by atoms with E-state index in [1.54, 1.807) is 0 Å². The summed E-state index contributed by atoms with van der Waals surface area (Å²) < 4.78 is 0. The van der Waals surface area contributed by atoms with Gasteiger partial charge in [-0.25, -0.2) is 0 Å². The van der Waals surface area contributed by atoms with E-state index < -0.39 is 0 Å². The molecule has 7 heteroatoms. The van der Waals surface area contributed by atoms with E-state index in [4.69, 9.17) is 0 Å². The molecule has 2 atom stereocenters. The number of likely N-dealkylation sites (tertiary alicyclic amines) is 1. The second kappa shape index (κ2) is 7.81. The molecule has 0 aliphatic carbocycles. The lowest BCUT2D eigenvalue weighted by Crippen LogP contribution is -2.78. The van der Waals surface area contributed by atoms with Gasteiger partial charge < -0.3 is 15.3 Å². The largest absolute Gasteiger partial charge is 0.392 e. The quantitative estimate of drug-likeness (QED) is 0.748. The number of β-amino-alcohol motifs (C(OH)–C–C–N with tert-alkyl or cyclic N) is 1. The monoisotopic (exact) mass is 386 g/mol. The first kappa shape index (κ1) is 19.4. The van der Waals surface area contributed by atoms with Crippen LogP contribution in [-0.2, 0) is 16.1 Å². The van der Waals surface area contributed by atoms with Crippen LogP contribution in [0.15, 0.2) is 30.3 Å². The lowest BCUT2D eigenvalue weighted by Gasteiger charge is -2.61. The summed E-state index contributed by atoms with van der Waals surface area (Å²) in [5.41, 5.74) is 1.24. The van der Waals surface area contributed by atoms with Crippen molar-refractivity contribution in [2.75, 3.05) is 39.3 Å². The number of carbonyl (C=O) groups excluding carboxylic acids is 2. The third kappa shape index (κ3) is 3.92. The molecule has 2 N–H and O–H groups in total. The van der Waals surface area contributed by atoms with Crippen molar-refractivity contribution < 1.29 is 14.7 Å². The third-order valence-electron chi connectivity index (χ3n) is 6.27. The van der Waals surface area contributed by atoms with Crippen molar-refractivity contribution in [2.24, 2.45) is 0 Å². The van der Waals surface area contributed by atoms with Crippen molar-refractivity contribution in [1.82, 2.24) is 20.0 Å². The van der Waals surface area contributed by atoms with Gasteiger partial charge >= 0.3 is 0 Å². The highest BCUT2D eigenvalue weighted by atomic mass is 16.3. The summed E-state index contributed by atoms with van der Waals surface area (Å²) in [4.78, 5) is 30.6. The number of hydrogen-bond acceptors (Lipinski definition) is 5. The van der Waals surface area contributed by atoms with Gasteiger partial charge in [0, 0.05) is 65.2 Å². The molecule has 7 nitrogen and oxygen atoms in total. The molecule has 0 saturated carbocycles. The van der Waals surface area contributed by atoms with Gasteiger partial charge in [0.25, 0.3) is 0 Å². The highest BCUT2D eigenvalue weighted by molar-refractivity contribution is 5.78. The van der Waals surface area contributed by atoms with Crippen LogP contribution in [-0.4, -0.2) is 88.6 Å². The molecule has 0 bridgehead atoms. The summed E-state index contributed by atoms with van der Waals surface area (Å²) in [6.45, 7) is 6.69. The molecule has 0 radical (unpaired) electrons. The molecule has 3 fully saturated rings. The molecule has 1 aromatic carbocycles. The van der Waals surface area contributed by atoms with E-state index in [1.165, 1.54) is 12.5 Å². The molecule has 3 heterocycles. The highest BCUT2D eigenvalue weighted by Crippen LogP contribution is 2.39. The van der Waals surface area contributed by atoms with Crippen LogP contribution >= 0.6 is 0 Å². The maximum Gasteiger partial charge on any atom is 0.224 e. The molecule has 1 aromatic rings. The first-order valence-electron chi connectivity index (χ1n) is 10.2. The SMILES string of the molecule is CC(=O)NCCC(=O)N1C[C@@H]2C[C@@H](O)CN2C2(CN(Cc3ccccc3)C2)C1. The fraction of sp³-hybridized carbons (Fsp3) is 0.619. The summed E-state index contributed by atoms with van der Waals surface area (Å²) in [6.07, 6.45) is 0.758. The summed E-state index contributed by atoms with van der Waals surface area (Å²) in [7, 11) is 0. The van der Waals surface area contributed by atoms with Crippen LogP contribution < -0.4 is 5.32 Å². The topological polar surface area (TPSA) is 76.1 Å². The van der Waals surface area contributed by atoms with Crippen molar-refractivity contribution in [3.8, 4) is 0 Å². The van der Waals surface area contributed by atoms with Crippen LogP contribution in [0, 0.1) is 0 Å². The molecule has 3 aliphatic heterocycles. The Morgan fingerprint density at radius 1 is 1.18 bits per heavy atom. The Labute approximate surface area is 166 Å². The van der Waals surface area contributed by atoms with E-state index in [0.717, 1.165) is 26.1 Å². The lowest BCUT2D eigenvalue weighted by atomic mass is 9.83. The molecule has 1 spiro atoms. The number of nitrogens with zero attached hydrogens (tertiary/aromatic N) is 3. The Morgan fingerprint density at radius 2 is 1.93 bits per heavy atom. The normalized spacial score (nSPS) is 26.7. The van der Waals surface area contributed by atoms with E-state index in [2.05, 4.69) is 39.4 Å². The number of nitrogens with one attached hydrogen (secondary N) is 1. The molecule has 0 unspecified atom stereocenters. The summed E-state index contributed by atoms with van der Waals surface area (Å²) in [6, 6.07) is 10.7. The number of rotatable bonds is 5. The van der Waals surface area contributed by atoms with E-state index in [1.807, 2.05) is 11.0 Å². The average Bonchev–Trinajstić information content (AvgIpc) is 3.01. The van der Waals surface area contributed by atoms with Crippen LogP contribution in [0.4, 0.5) is 0 Å². The van der Waals surface area contributed by atoms with Gasteiger partial charge in [-0.3, -0.25) is 19.4 Å². The van der Waals surface area contributed by atoms with E-state index in [0.29, 0.717) is 32.6 Å². The minimum Gasteiger partial charge on any atom is -0.392 e. The van der Waals surface area contributed by atoms with Crippen molar-refractivity contribution in [3.63, 3.8) is 0 Å². The maximum absolute atomic E-state index is 12.7. The van der Waals surface area contributed by atoms with Gasteiger partial charge in [-0.2, -0.15) is 0 Å². The Hall–Kier alpha value is -1.96. The zero-order valence-corrected chi connectivity index (χ0v) is 16.5. The van der Waals surface area contributed by atoms with Gasteiger partial charge in [0.15, 0.2) is 0 Å². The molecule has 3 saturated heterocycles. The van der Waals surface area contributed by atoms with Crippen molar-refractivity contribution in [1.29, 1.82) is 0 Å². The van der Waals surface area contributed by atoms with Crippen molar-refractivity contribution in [3.05, 3.63) is 35.9 Å². The number of aliphatic hydroxyl groups excluding tert-OH is 1. The third-order valence-corrected chi connectivity index (χ3v) is 6.27. The molecule has 3 aliphatic rings. The number of benzene rings is 1. The molecule has 152 valence electrons. The van der Waals surface area contributed by atoms with E-state index >= 15 is 0 Å². The first-order valence-corrected chi connectivity index (χ1v) is 10.2. The first-order chi connectivity index (χ1) is 13.4. The summed E-state index contributed by atoms with van der Waals surface area (Å²) >= 11 is 0. The van der Waals surface area contributed by atoms with Crippen molar-refractivity contribution >= 4 is 11.8 Å². The van der Waals surface area contributed by atoms with Crippen LogP contribution in [0.3, 0.4) is 0 Å². The molecular formula is C21H30N4O3. The average molecular weight is 386 g/mol. The number of hydrogen-bond donors (Lipinski definition) is 2. The zero-order chi connectivity index (χ0) is 19.7. The fourth-order valence-electron chi connectivity index (χ4n) is 5.13. The van der Waals surface area contributed by atoms with Crippen molar-refractivity contribution in [2.45, 2.75) is 44.0 Å². The molecule has 0 aromatic heterocycles. The van der Waals surface area contributed by atoms with Gasteiger partial charge in [0.05, 0.1) is 11.6 Å². The Bertz CT molecular complexity index is 720.